The number of nitrogens with zero attached hydrogens (tertiary/aromatic N) is 4. The van der Waals surface area contributed by atoms with E-state index in [4.69, 9.17) is 4.98 Å². The van der Waals surface area contributed by atoms with Gasteiger partial charge in [0.2, 0.25) is 0 Å². The van der Waals surface area contributed by atoms with Crippen molar-refractivity contribution in [1.82, 2.24) is 14.9 Å². The molecule has 1 fully saturated rings. The lowest BCUT2D eigenvalue weighted by Gasteiger charge is -2.38. The third-order valence-electron chi connectivity index (χ3n) is 4.91. The number of halogens is 1. The molecule has 2 aromatic rings. The lowest BCUT2D eigenvalue weighted by Crippen LogP contribution is -2.51. The molecule has 0 atom stereocenters. The number of β-amino-alcohol motifs (C(OH)–C–C–N with tert-alkyl or cyclic N) is 1. The summed E-state index contributed by atoms with van der Waals surface area (Å²) in [6, 6.07) is 6.88. The van der Waals surface area contributed by atoms with Gasteiger partial charge in [0.15, 0.2) is 0 Å². The van der Waals surface area contributed by atoms with Crippen LogP contribution >= 0.6 is 0 Å². The van der Waals surface area contributed by atoms with Crippen LogP contribution in [0.25, 0.3) is 0 Å². The van der Waals surface area contributed by atoms with Crippen LogP contribution in [0.4, 0.5) is 10.2 Å². The van der Waals surface area contributed by atoms with Gasteiger partial charge in [0.05, 0.1) is 5.60 Å². The van der Waals surface area contributed by atoms with Crippen molar-refractivity contribution in [3.63, 3.8) is 0 Å². The van der Waals surface area contributed by atoms with Gasteiger partial charge in [-0.3, -0.25) is 4.90 Å². The van der Waals surface area contributed by atoms with Crippen LogP contribution in [0.2, 0.25) is 0 Å². The van der Waals surface area contributed by atoms with Crippen LogP contribution in [0.5, 0.6) is 0 Å². The molecule has 0 spiro atoms. The number of benzene rings is 1. The summed E-state index contributed by atoms with van der Waals surface area (Å²) in [7, 11) is 0. The Labute approximate surface area is 160 Å². The second kappa shape index (κ2) is 7.90. The number of aromatic nitrogens is 2. The van der Waals surface area contributed by atoms with E-state index < -0.39 is 5.60 Å². The van der Waals surface area contributed by atoms with Crippen LogP contribution < -0.4 is 4.90 Å². The second-order valence-electron chi connectivity index (χ2n) is 8.00. The van der Waals surface area contributed by atoms with Gasteiger partial charge in [0, 0.05) is 50.4 Å². The molecule has 0 aliphatic carbocycles. The van der Waals surface area contributed by atoms with Crippen LogP contribution in [0, 0.1) is 19.7 Å². The van der Waals surface area contributed by atoms with Gasteiger partial charge in [-0.1, -0.05) is 18.2 Å². The third-order valence-corrected chi connectivity index (χ3v) is 4.91. The molecule has 27 heavy (non-hydrogen) atoms. The fourth-order valence-corrected chi connectivity index (χ4v) is 3.68. The Morgan fingerprint density at radius 3 is 2.37 bits per heavy atom. The van der Waals surface area contributed by atoms with Crippen molar-refractivity contribution in [2.45, 2.75) is 39.7 Å². The Kier molecular flexibility index (Phi) is 5.77. The first-order valence-corrected chi connectivity index (χ1v) is 9.50. The average Bonchev–Trinajstić information content (AvgIpc) is 2.58. The van der Waals surface area contributed by atoms with Crippen LogP contribution in [0.15, 0.2) is 24.3 Å². The molecule has 1 aromatic heterocycles. The number of hydrogen-bond donors (Lipinski definition) is 1. The quantitative estimate of drug-likeness (QED) is 0.875. The summed E-state index contributed by atoms with van der Waals surface area (Å²) in [5, 5.41) is 10.0. The molecule has 3 rings (SSSR count). The lowest BCUT2D eigenvalue weighted by molar-refractivity contribution is 0.0344. The number of aryl methyl sites for hydroxylation is 2. The predicted octanol–water partition coefficient (Wildman–Crippen LogP) is 2.72. The average molecular weight is 372 g/mol. The molecule has 2 heterocycles. The van der Waals surface area contributed by atoms with E-state index in [0.717, 1.165) is 49.1 Å². The first kappa shape index (κ1) is 19.7. The van der Waals surface area contributed by atoms with E-state index in [0.29, 0.717) is 18.5 Å². The largest absolute Gasteiger partial charge is 0.389 e. The summed E-state index contributed by atoms with van der Waals surface area (Å²) in [5.74, 6) is 1.45. The van der Waals surface area contributed by atoms with Gasteiger partial charge in [0.25, 0.3) is 0 Å². The standard InChI is InChI=1S/C21H29FN4O/c1-15-18(13-17-7-5-6-8-19(17)22)20(24-16(2)23-15)26-11-9-25(10-12-26)14-21(3,4)27/h5-8,27H,9-14H2,1-4H3. The molecular formula is C21H29FN4O. The maximum atomic E-state index is 14.2. The Morgan fingerprint density at radius 2 is 1.74 bits per heavy atom. The minimum Gasteiger partial charge on any atom is -0.389 e. The molecule has 1 aliphatic heterocycles. The fraction of sp³-hybridized carbons (Fsp3) is 0.524. The summed E-state index contributed by atoms with van der Waals surface area (Å²) >= 11 is 0. The highest BCUT2D eigenvalue weighted by Gasteiger charge is 2.25. The van der Waals surface area contributed by atoms with E-state index in [9.17, 15) is 9.50 Å². The highest BCUT2D eigenvalue weighted by Crippen LogP contribution is 2.26. The van der Waals surface area contributed by atoms with Gasteiger partial charge >= 0.3 is 0 Å². The molecule has 146 valence electrons. The molecule has 1 saturated heterocycles. The Morgan fingerprint density at radius 1 is 1.07 bits per heavy atom. The van der Waals surface area contributed by atoms with Gasteiger partial charge in [-0.15, -0.1) is 0 Å². The van der Waals surface area contributed by atoms with Crippen molar-refractivity contribution in [2.75, 3.05) is 37.6 Å². The van der Waals surface area contributed by atoms with Crippen molar-refractivity contribution in [1.29, 1.82) is 0 Å². The molecule has 0 saturated carbocycles. The number of hydrogen-bond acceptors (Lipinski definition) is 5. The summed E-state index contributed by atoms with van der Waals surface area (Å²) in [6.07, 6.45) is 0.484. The van der Waals surface area contributed by atoms with E-state index in [1.165, 1.54) is 6.07 Å². The minimum atomic E-state index is -0.694. The lowest BCUT2D eigenvalue weighted by atomic mass is 10.0. The van der Waals surface area contributed by atoms with Crippen LogP contribution in [-0.4, -0.2) is 58.3 Å². The van der Waals surface area contributed by atoms with Gasteiger partial charge in [-0.05, 0) is 39.3 Å². The molecule has 0 amide bonds. The normalized spacial score (nSPS) is 16.0. The summed E-state index contributed by atoms with van der Waals surface area (Å²) in [4.78, 5) is 13.8. The third kappa shape index (κ3) is 5.02. The summed E-state index contributed by atoms with van der Waals surface area (Å²) in [5.41, 5.74) is 1.86. The van der Waals surface area contributed by atoms with Crippen molar-refractivity contribution in [3.8, 4) is 0 Å². The molecule has 0 unspecified atom stereocenters. The fourth-order valence-electron chi connectivity index (χ4n) is 3.68. The molecule has 6 heteroatoms. The zero-order chi connectivity index (χ0) is 19.6. The highest BCUT2D eigenvalue weighted by atomic mass is 19.1. The molecule has 1 aliphatic rings. The number of rotatable bonds is 5. The van der Waals surface area contributed by atoms with E-state index in [-0.39, 0.29) is 5.82 Å². The zero-order valence-electron chi connectivity index (χ0n) is 16.7. The van der Waals surface area contributed by atoms with Crippen LogP contribution in [0.3, 0.4) is 0 Å². The SMILES string of the molecule is Cc1nc(C)c(Cc2ccccc2F)c(N2CCN(CC(C)(C)O)CC2)n1. The first-order valence-electron chi connectivity index (χ1n) is 9.50. The topological polar surface area (TPSA) is 52.5 Å². The summed E-state index contributed by atoms with van der Waals surface area (Å²) < 4.78 is 14.2. The number of anilines is 1. The van der Waals surface area contributed by atoms with E-state index in [1.54, 1.807) is 6.07 Å². The second-order valence-corrected chi connectivity index (χ2v) is 8.00. The van der Waals surface area contributed by atoms with Gasteiger partial charge in [-0.25, -0.2) is 14.4 Å². The van der Waals surface area contributed by atoms with E-state index in [1.807, 2.05) is 39.8 Å². The van der Waals surface area contributed by atoms with E-state index in [2.05, 4.69) is 14.8 Å². The van der Waals surface area contributed by atoms with Gasteiger partial charge in [0.1, 0.15) is 17.5 Å². The zero-order valence-corrected chi connectivity index (χ0v) is 16.7. The molecule has 0 radical (unpaired) electrons. The Bertz CT molecular complexity index is 795. The van der Waals surface area contributed by atoms with E-state index >= 15 is 0 Å². The highest BCUT2D eigenvalue weighted by molar-refractivity contribution is 5.51. The maximum Gasteiger partial charge on any atom is 0.136 e. The predicted molar refractivity (Wildman–Crippen MR) is 106 cm³/mol. The van der Waals surface area contributed by atoms with Crippen molar-refractivity contribution >= 4 is 5.82 Å². The van der Waals surface area contributed by atoms with Crippen LogP contribution in [-0.2, 0) is 6.42 Å². The molecule has 1 N–H and O–H groups in total. The van der Waals surface area contributed by atoms with Gasteiger partial charge < -0.3 is 10.0 Å². The molecular weight excluding hydrogens is 343 g/mol. The minimum absolute atomic E-state index is 0.196. The van der Waals surface area contributed by atoms with Crippen LogP contribution in [0.1, 0.15) is 36.5 Å². The smallest absolute Gasteiger partial charge is 0.136 e. The van der Waals surface area contributed by atoms with Gasteiger partial charge in [-0.2, -0.15) is 0 Å². The molecule has 0 bridgehead atoms. The first-order chi connectivity index (χ1) is 12.7. The Balaban J connectivity index is 1.82. The monoisotopic (exact) mass is 372 g/mol. The number of aliphatic hydroxyl groups is 1. The molecule has 5 nitrogen and oxygen atoms in total. The Hall–Kier alpha value is -2.05. The number of piperazine rings is 1. The van der Waals surface area contributed by atoms with Crippen molar-refractivity contribution in [2.24, 2.45) is 0 Å². The molecule has 1 aromatic carbocycles. The maximum absolute atomic E-state index is 14.2. The summed E-state index contributed by atoms with van der Waals surface area (Å²) in [6.45, 7) is 11.6. The van der Waals surface area contributed by atoms with Crippen molar-refractivity contribution in [3.05, 3.63) is 52.7 Å². The van der Waals surface area contributed by atoms with Crippen molar-refractivity contribution < 1.29 is 9.50 Å².